The molecule has 0 unspecified atom stereocenters. The molecule has 0 aliphatic heterocycles. The summed E-state index contributed by atoms with van der Waals surface area (Å²) < 4.78 is 5.25. The van der Waals surface area contributed by atoms with E-state index in [9.17, 15) is 9.59 Å². The Morgan fingerprint density at radius 3 is 2.14 bits per heavy atom. The molecule has 3 rings (SSSR count). The third-order valence-corrected chi connectivity index (χ3v) is 4.88. The molecule has 1 aromatic carbocycles. The maximum Gasteiger partial charge on any atom is 0.324 e. The monoisotopic (exact) mass is 384 g/mol. The largest absolute Gasteiger partial charge is 0.359 e. The topological polar surface area (TPSA) is 96.3 Å². The number of urea groups is 1. The van der Waals surface area contributed by atoms with Crippen LogP contribution in [-0.4, -0.2) is 17.1 Å². The van der Waals surface area contributed by atoms with E-state index in [2.05, 4.69) is 21.1 Å². The van der Waals surface area contributed by atoms with Crippen LogP contribution in [0.5, 0.6) is 0 Å². The molecule has 0 atom stereocenters. The average molecular weight is 384 g/mol. The average Bonchev–Trinajstić information content (AvgIpc) is 3.13. The van der Waals surface area contributed by atoms with Crippen molar-refractivity contribution in [1.29, 1.82) is 0 Å². The molecule has 3 N–H and O–H groups in total. The number of aromatic nitrogens is 1. The van der Waals surface area contributed by atoms with E-state index in [-0.39, 0.29) is 17.2 Å². The first kappa shape index (κ1) is 19.9. The van der Waals surface area contributed by atoms with Gasteiger partial charge in [-0.2, -0.15) is 0 Å². The fourth-order valence-corrected chi connectivity index (χ4v) is 3.21. The first-order valence-electron chi connectivity index (χ1n) is 9.77. The van der Waals surface area contributed by atoms with Gasteiger partial charge in [-0.25, -0.2) is 4.79 Å². The number of nitrogens with zero attached hydrogens (tertiary/aromatic N) is 1. The second-order valence-corrected chi connectivity index (χ2v) is 8.31. The van der Waals surface area contributed by atoms with Crippen molar-refractivity contribution in [2.24, 2.45) is 5.92 Å². The third kappa shape index (κ3) is 5.34. The van der Waals surface area contributed by atoms with Crippen molar-refractivity contribution in [2.75, 3.05) is 16.0 Å². The van der Waals surface area contributed by atoms with Crippen molar-refractivity contribution < 1.29 is 14.1 Å². The minimum atomic E-state index is -0.409. The van der Waals surface area contributed by atoms with E-state index in [1.165, 1.54) is 6.42 Å². The molecule has 28 heavy (non-hydrogen) atoms. The Morgan fingerprint density at radius 2 is 1.57 bits per heavy atom. The summed E-state index contributed by atoms with van der Waals surface area (Å²) in [5.74, 6) is 1.25. The number of hydrogen-bond donors (Lipinski definition) is 3. The van der Waals surface area contributed by atoms with Crippen molar-refractivity contribution >= 4 is 29.1 Å². The lowest BCUT2D eigenvalue weighted by molar-refractivity contribution is -0.120. The molecule has 0 saturated heterocycles. The van der Waals surface area contributed by atoms with E-state index in [1.54, 1.807) is 30.3 Å². The Bertz CT molecular complexity index is 815. The van der Waals surface area contributed by atoms with Gasteiger partial charge in [0.25, 0.3) is 0 Å². The second kappa shape index (κ2) is 8.46. The lowest BCUT2D eigenvalue weighted by Gasteiger charge is -2.20. The minimum Gasteiger partial charge on any atom is -0.359 e. The van der Waals surface area contributed by atoms with Crippen molar-refractivity contribution in [1.82, 2.24) is 5.16 Å². The maximum absolute atomic E-state index is 12.3. The molecular formula is C21H28N4O3. The van der Waals surface area contributed by atoms with E-state index in [1.807, 2.05) is 20.8 Å². The Kier molecular flexibility index (Phi) is 6.02. The number of carbonyl (C=O) groups is 2. The Hall–Kier alpha value is -2.83. The van der Waals surface area contributed by atoms with Crippen LogP contribution in [-0.2, 0) is 10.2 Å². The zero-order chi connectivity index (χ0) is 20.1. The van der Waals surface area contributed by atoms with Crippen LogP contribution in [0.1, 0.15) is 58.6 Å². The van der Waals surface area contributed by atoms with E-state index in [4.69, 9.17) is 4.52 Å². The highest BCUT2D eigenvalue weighted by Gasteiger charge is 2.21. The van der Waals surface area contributed by atoms with Crippen LogP contribution in [0.15, 0.2) is 34.9 Å². The highest BCUT2D eigenvalue weighted by atomic mass is 16.5. The summed E-state index contributed by atoms with van der Waals surface area (Å²) in [5.41, 5.74) is 1.17. The molecule has 1 fully saturated rings. The molecule has 3 amide bonds. The van der Waals surface area contributed by atoms with Crippen LogP contribution in [0.25, 0.3) is 0 Å². The zero-order valence-electron chi connectivity index (χ0n) is 16.7. The first-order valence-corrected chi connectivity index (χ1v) is 9.77. The van der Waals surface area contributed by atoms with Crippen LogP contribution in [0.4, 0.5) is 22.0 Å². The number of benzene rings is 1. The molecule has 1 saturated carbocycles. The number of amides is 3. The van der Waals surface area contributed by atoms with Gasteiger partial charge in [-0.3, -0.25) is 10.1 Å². The number of rotatable bonds is 4. The van der Waals surface area contributed by atoms with Gasteiger partial charge in [0.2, 0.25) is 5.91 Å². The van der Waals surface area contributed by atoms with E-state index in [0.29, 0.717) is 17.3 Å². The predicted octanol–water partition coefficient (Wildman–Crippen LogP) is 5.13. The summed E-state index contributed by atoms with van der Waals surface area (Å²) in [6.45, 7) is 6.02. The zero-order valence-corrected chi connectivity index (χ0v) is 16.7. The number of anilines is 3. The molecule has 0 radical (unpaired) electrons. The molecule has 1 aliphatic rings. The molecule has 1 heterocycles. The first-order chi connectivity index (χ1) is 13.3. The van der Waals surface area contributed by atoms with E-state index < -0.39 is 6.03 Å². The lowest BCUT2D eigenvalue weighted by Crippen LogP contribution is -2.24. The van der Waals surface area contributed by atoms with Gasteiger partial charge in [-0.15, -0.1) is 0 Å². The van der Waals surface area contributed by atoms with Crippen LogP contribution in [0, 0.1) is 5.92 Å². The highest BCUT2D eigenvalue weighted by Crippen LogP contribution is 2.26. The summed E-state index contributed by atoms with van der Waals surface area (Å²) >= 11 is 0. The summed E-state index contributed by atoms with van der Waals surface area (Å²) in [6, 6.07) is 8.36. The fourth-order valence-electron chi connectivity index (χ4n) is 3.21. The Balaban J connectivity index is 1.51. The molecule has 0 spiro atoms. The summed E-state index contributed by atoms with van der Waals surface area (Å²) in [7, 11) is 0. The van der Waals surface area contributed by atoms with Gasteiger partial charge in [0, 0.05) is 28.8 Å². The SMILES string of the molecule is CC(C)(C)c1cc(NC(=O)Nc2ccc(NC(=O)C3CCCCC3)cc2)no1. The Labute approximate surface area is 165 Å². The molecule has 7 nitrogen and oxygen atoms in total. The van der Waals surface area contributed by atoms with Gasteiger partial charge in [-0.1, -0.05) is 45.2 Å². The van der Waals surface area contributed by atoms with Gasteiger partial charge in [0.1, 0.15) is 5.76 Å². The van der Waals surface area contributed by atoms with Gasteiger partial charge in [0.05, 0.1) is 0 Å². The number of nitrogens with one attached hydrogen (secondary N) is 3. The van der Waals surface area contributed by atoms with Gasteiger partial charge < -0.3 is 15.2 Å². The summed E-state index contributed by atoms with van der Waals surface area (Å²) in [4.78, 5) is 24.4. The van der Waals surface area contributed by atoms with Crippen molar-refractivity contribution in [2.45, 2.75) is 58.3 Å². The molecule has 7 heteroatoms. The second-order valence-electron chi connectivity index (χ2n) is 8.31. The van der Waals surface area contributed by atoms with Crippen LogP contribution in [0.2, 0.25) is 0 Å². The number of carbonyl (C=O) groups excluding carboxylic acids is 2. The van der Waals surface area contributed by atoms with Gasteiger partial charge >= 0.3 is 6.03 Å². The molecule has 0 bridgehead atoms. The van der Waals surface area contributed by atoms with Crippen molar-refractivity contribution in [3.05, 3.63) is 36.1 Å². The van der Waals surface area contributed by atoms with Crippen molar-refractivity contribution in [3.8, 4) is 0 Å². The maximum atomic E-state index is 12.3. The number of hydrogen-bond acceptors (Lipinski definition) is 4. The molecular weight excluding hydrogens is 356 g/mol. The van der Waals surface area contributed by atoms with Crippen molar-refractivity contribution in [3.63, 3.8) is 0 Å². The molecule has 2 aromatic rings. The smallest absolute Gasteiger partial charge is 0.324 e. The predicted molar refractivity (Wildman–Crippen MR) is 109 cm³/mol. The molecule has 150 valence electrons. The van der Waals surface area contributed by atoms with Gasteiger partial charge in [-0.05, 0) is 37.1 Å². The normalized spacial score (nSPS) is 15.1. The fraction of sp³-hybridized carbons (Fsp3) is 0.476. The lowest BCUT2D eigenvalue weighted by atomic mass is 9.88. The molecule has 1 aliphatic carbocycles. The minimum absolute atomic E-state index is 0.0823. The highest BCUT2D eigenvalue weighted by molar-refractivity contribution is 5.99. The van der Waals surface area contributed by atoms with Gasteiger partial charge in [0.15, 0.2) is 5.82 Å². The van der Waals surface area contributed by atoms with Crippen LogP contribution >= 0.6 is 0 Å². The van der Waals surface area contributed by atoms with Crippen LogP contribution < -0.4 is 16.0 Å². The third-order valence-electron chi connectivity index (χ3n) is 4.88. The standard InChI is InChI=1S/C21H28N4O3/c1-21(2,3)17-13-18(25-28-17)24-20(27)23-16-11-9-15(10-12-16)22-19(26)14-7-5-4-6-8-14/h9-14H,4-8H2,1-3H3,(H,22,26)(H2,23,24,25,27). The van der Waals surface area contributed by atoms with E-state index in [0.717, 1.165) is 31.4 Å². The quantitative estimate of drug-likeness (QED) is 0.680. The summed E-state index contributed by atoms with van der Waals surface area (Å²) in [6.07, 6.45) is 5.39. The van der Waals surface area contributed by atoms with E-state index >= 15 is 0 Å². The summed E-state index contributed by atoms with van der Waals surface area (Å²) in [5, 5.41) is 12.2. The van der Waals surface area contributed by atoms with Crippen LogP contribution in [0.3, 0.4) is 0 Å². The Morgan fingerprint density at radius 1 is 0.964 bits per heavy atom. The molecule has 1 aromatic heterocycles.